The van der Waals surface area contributed by atoms with Crippen molar-refractivity contribution in [2.75, 3.05) is 59.0 Å². The maximum absolute atomic E-state index is 5.99. The number of nitrogens with zero attached hydrogens (tertiary/aromatic N) is 3. The molecule has 6 heteroatoms. The van der Waals surface area contributed by atoms with E-state index in [1.54, 1.807) is 0 Å². The van der Waals surface area contributed by atoms with Gasteiger partial charge in [0, 0.05) is 39.3 Å². The molecule has 3 saturated heterocycles. The molecule has 3 rings (SSSR count). The molecule has 0 aliphatic carbocycles. The third kappa shape index (κ3) is 5.31. The molecule has 0 radical (unpaired) electrons. The molecule has 3 atom stereocenters. The number of aliphatic imine (C=N–C) groups is 1. The summed E-state index contributed by atoms with van der Waals surface area (Å²) in [5.74, 6) is 1.75. The lowest BCUT2D eigenvalue weighted by Gasteiger charge is -2.37. The van der Waals surface area contributed by atoms with Crippen molar-refractivity contribution >= 4 is 5.96 Å². The molecule has 3 fully saturated rings. The van der Waals surface area contributed by atoms with Crippen LogP contribution in [0.5, 0.6) is 0 Å². The third-order valence-corrected chi connectivity index (χ3v) is 5.66. The van der Waals surface area contributed by atoms with Crippen LogP contribution in [0.1, 0.15) is 39.5 Å². The van der Waals surface area contributed by atoms with Gasteiger partial charge in [0.2, 0.25) is 0 Å². The van der Waals surface area contributed by atoms with E-state index in [9.17, 15) is 0 Å². The third-order valence-electron chi connectivity index (χ3n) is 5.66. The normalized spacial score (nSPS) is 32.2. The number of rotatable bonds is 5. The first-order valence-electron chi connectivity index (χ1n) is 10.3. The van der Waals surface area contributed by atoms with E-state index in [-0.39, 0.29) is 12.2 Å². The lowest BCUT2D eigenvalue weighted by Crippen LogP contribution is -2.53. The van der Waals surface area contributed by atoms with Crippen LogP contribution in [0.4, 0.5) is 0 Å². The Morgan fingerprint density at radius 2 is 1.92 bits per heavy atom. The van der Waals surface area contributed by atoms with Gasteiger partial charge in [0.05, 0.1) is 12.7 Å². The van der Waals surface area contributed by atoms with E-state index in [0.717, 1.165) is 64.7 Å². The van der Waals surface area contributed by atoms with Crippen molar-refractivity contribution in [2.24, 2.45) is 10.9 Å². The van der Waals surface area contributed by atoms with E-state index in [1.807, 2.05) is 0 Å². The lowest BCUT2D eigenvalue weighted by atomic mass is 9.98. The second kappa shape index (κ2) is 9.74. The molecule has 25 heavy (non-hydrogen) atoms. The summed E-state index contributed by atoms with van der Waals surface area (Å²) in [5.41, 5.74) is 0. The number of piperidine rings is 1. The predicted octanol–water partition coefficient (Wildman–Crippen LogP) is 1.56. The summed E-state index contributed by atoms with van der Waals surface area (Å²) in [6, 6.07) is 0. The topological polar surface area (TPSA) is 49.3 Å². The van der Waals surface area contributed by atoms with Crippen molar-refractivity contribution in [3.05, 3.63) is 0 Å². The standard InChI is InChI=1S/C19H36N4O2/c1-3-20-19(21-13-16-7-5-9-22(4-2)14-16)23-10-12-25-18(15-23)17-8-6-11-24-17/h16-18H,3-15H2,1-2H3,(H,20,21). The molecule has 0 amide bonds. The Hall–Kier alpha value is -0.850. The van der Waals surface area contributed by atoms with Gasteiger partial charge in [0.25, 0.3) is 0 Å². The van der Waals surface area contributed by atoms with E-state index in [0.29, 0.717) is 5.92 Å². The van der Waals surface area contributed by atoms with Crippen LogP contribution in [0.2, 0.25) is 0 Å². The first-order valence-corrected chi connectivity index (χ1v) is 10.3. The fraction of sp³-hybridized carbons (Fsp3) is 0.947. The van der Waals surface area contributed by atoms with E-state index >= 15 is 0 Å². The smallest absolute Gasteiger partial charge is 0.194 e. The molecule has 6 nitrogen and oxygen atoms in total. The molecule has 0 aromatic carbocycles. The van der Waals surface area contributed by atoms with Crippen molar-refractivity contribution in [2.45, 2.75) is 51.7 Å². The zero-order valence-corrected chi connectivity index (χ0v) is 16.1. The van der Waals surface area contributed by atoms with Crippen molar-refractivity contribution in [3.63, 3.8) is 0 Å². The second-order valence-electron chi connectivity index (χ2n) is 7.50. The van der Waals surface area contributed by atoms with Crippen LogP contribution in [0.25, 0.3) is 0 Å². The Morgan fingerprint density at radius 1 is 1.04 bits per heavy atom. The van der Waals surface area contributed by atoms with Crippen LogP contribution in [0, 0.1) is 5.92 Å². The highest BCUT2D eigenvalue weighted by molar-refractivity contribution is 5.80. The molecule has 3 unspecified atom stereocenters. The average Bonchev–Trinajstić information content (AvgIpc) is 3.20. The van der Waals surface area contributed by atoms with Crippen molar-refractivity contribution in [3.8, 4) is 0 Å². The Balaban J connectivity index is 1.57. The SMILES string of the molecule is CCNC(=NCC1CCCN(CC)C1)N1CCOC(C2CCCO2)C1. The van der Waals surface area contributed by atoms with Crippen molar-refractivity contribution in [1.82, 2.24) is 15.1 Å². The number of nitrogens with one attached hydrogen (secondary N) is 1. The lowest BCUT2D eigenvalue weighted by molar-refractivity contribution is -0.0817. The number of guanidine groups is 1. The van der Waals surface area contributed by atoms with Gasteiger partial charge in [0.1, 0.15) is 6.10 Å². The Kier molecular flexibility index (Phi) is 7.37. The van der Waals surface area contributed by atoms with Crippen molar-refractivity contribution < 1.29 is 9.47 Å². The largest absolute Gasteiger partial charge is 0.375 e. The van der Waals surface area contributed by atoms with Crippen LogP contribution < -0.4 is 5.32 Å². The summed E-state index contributed by atoms with van der Waals surface area (Å²) in [4.78, 5) is 9.93. The summed E-state index contributed by atoms with van der Waals surface area (Å²) in [6.07, 6.45) is 5.35. The summed E-state index contributed by atoms with van der Waals surface area (Å²) in [7, 11) is 0. The summed E-state index contributed by atoms with van der Waals surface area (Å²) in [5, 5.41) is 3.49. The summed E-state index contributed by atoms with van der Waals surface area (Å²) >= 11 is 0. The van der Waals surface area contributed by atoms with Gasteiger partial charge in [-0.05, 0) is 51.6 Å². The number of hydrogen-bond acceptors (Lipinski definition) is 4. The van der Waals surface area contributed by atoms with Crippen LogP contribution in [0.15, 0.2) is 4.99 Å². The molecule has 0 spiro atoms. The van der Waals surface area contributed by atoms with Crippen LogP contribution in [-0.4, -0.2) is 87.0 Å². The Morgan fingerprint density at radius 3 is 2.68 bits per heavy atom. The summed E-state index contributed by atoms with van der Waals surface area (Å²) in [6.45, 7) is 13.3. The Labute approximate surface area is 152 Å². The Bertz CT molecular complexity index is 426. The van der Waals surface area contributed by atoms with Gasteiger partial charge in [-0.15, -0.1) is 0 Å². The minimum absolute atomic E-state index is 0.186. The second-order valence-corrected chi connectivity index (χ2v) is 7.50. The average molecular weight is 353 g/mol. The van der Waals surface area contributed by atoms with E-state index in [2.05, 4.69) is 29.0 Å². The predicted molar refractivity (Wildman–Crippen MR) is 101 cm³/mol. The molecule has 3 aliphatic heterocycles. The molecule has 3 aliphatic rings. The van der Waals surface area contributed by atoms with Gasteiger partial charge < -0.3 is 24.6 Å². The fourth-order valence-corrected chi connectivity index (χ4v) is 4.22. The van der Waals surface area contributed by atoms with Crippen molar-refractivity contribution in [1.29, 1.82) is 0 Å². The molecule has 1 N–H and O–H groups in total. The number of ether oxygens (including phenoxy) is 2. The van der Waals surface area contributed by atoms with Crippen LogP contribution >= 0.6 is 0 Å². The number of likely N-dealkylation sites (tertiary alicyclic amines) is 1. The zero-order chi connectivity index (χ0) is 17.5. The molecular weight excluding hydrogens is 316 g/mol. The molecule has 0 aromatic heterocycles. The maximum Gasteiger partial charge on any atom is 0.194 e. The minimum Gasteiger partial charge on any atom is -0.375 e. The molecule has 144 valence electrons. The molecule has 0 aromatic rings. The van der Waals surface area contributed by atoms with Gasteiger partial charge in [-0.1, -0.05) is 6.92 Å². The fourth-order valence-electron chi connectivity index (χ4n) is 4.22. The number of hydrogen-bond donors (Lipinski definition) is 1. The van der Waals surface area contributed by atoms with Gasteiger partial charge in [-0.2, -0.15) is 0 Å². The van der Waals surface area contributed by atoms with Gasteiger partial charge in [0.15, 0.2) is 5.96 Å². The van der Waals surface area contributed by atoms with Crippen LogP contribution in [0.3, 0.4) is 0 Å². The van der Waals surface area contributed by atoms with Crippen LogP contribution in [-0.2, 0) is 9.47 Å². The molecule has 0 saturated carbocycles. The van der Waals surface area contributed by atoms with Gasteiger partial charge in [-0.3, -0.25) is 4.99 Å². The van der Waals surface area contributed by atoms with Gasteiger partial charge in [-0.25, -0.2) is 0 Å². The highest BCUT2D eigenvalue weighted by Crippen LogP contribution is 2.21. The van der Waals surface area contributed by atoms with E-state index in [1.165, 1.54) is 25.9 Å². The molecule has 3 heterocycles. The first kappa shape index (κ1) is 18.9. The van der Waals surface area contributed by atoms with E-state index in [4.69, 9.17) is 14.5 Å². The number of morpholine rings is 1. The highest BCUT2D eigenvalue weighted by Gasteiger charge is 2.32. The zero-order valence-electron chi connectivity index (χ0n) is 16.1. The quantitative estimate of drug-likeness (QED) is 0.601. The summed E-state index contributed by atoms with van der Waals surface area (Å²) < 4.78 is 11.8. The van der Waals surface area contributed by atoms with Gasteiger partial charge >= 0.3 is 0 Å². The molecule has 0 bridgehead atoms. The highest BCUT2D eigenvalue weighted by atomic mass is 16.5. The minimum atomic E-state index is 0.186. The monoisotopic (exact) mass is 352 g/mol. The first-order chi connectivity index (χ1) is 12.3. The maximum atomic E-state index is 5.99. The molecular formula is C19H36N4O2. The van der Waals surface area contributed by atoms with E-state index < -0.39 is 0 Å².